The Morgan fingerprint density at radius 1 is 1.14 bits per heavy atom. The van der Waals surface area contributed by atoms with E-state index in [1.807, 2.05) is 0 Å². The van der Waals surface area contributed by atoms with Gasteiger partial charge in [0.25, 0.3) is 6.43 Å². The molecule has 0 amide bonds. The Hall–Kier alpha value is -2.65. The van der Waals surface area contributed by atoms with Crippen LogP contribution in [0.2, 0.25) is 5.28 Å². The van der Waals surface area contributed by atoms with E-state index in [9.17, 15) is 8.78 Å². The average Bonchev–Trinajstić information content (AvgIpc) is 3.29. The lowest BCUT2D eigenvalue weighted by atomic mass is 10.2. The zero-order valence-electron chi connectivity index (χ0n) is 14.6. The van der Waals surface area contributed by atoms with E-state index in [-0.39, 0.29) is 17.3 Å². The number of benzene rings is 1. The zero-order chi connectivity index (χ0) is 19.3. The van der Waals surface area contributed by atoms with Gasteiger partial charge in [-0.05, 0) is 43.0 Å². The molecule has 0 N–H and O–H groups in total. The average molecular weight is 405 g/mol. The smallest absolute Gasteiger partial charge is 0.296 e. The van der Waals surface area contributed by atoms with E-state index in [0.29, 0.717) is 28.8 Å². The molecule has 0 spiro atoms. The Kier molecular flexibility index (Phi) is 4.21. The van der Waals surface area contributed by atoms with Crippen LogP contribution >= 0.6 is 11.6 Å². The second-order valence-corrected chi connectivity index (χ2v) is 6.89. The lowest BCUT2D eigenvalue weighted by Crippen LogP contribution is -2.18. The van der Waals surface area contributed by atoms with E-state index in [1.165, 1.54) is 4.57 Å². The van der Waals surface area contributed by atoms with Gasteiger partial charge in [-0.25, -0.2) is 18.7 Å². The van der Waals surface area contributed by atoms with Crippen LogP contribution in [0.4, 0.5) is 8.78 Å². The third-order valence-corrected chi connectivity index (χ3v) is 5.00. The summed E-state index contributed by atoms with van der Waals surface area (Å²) in [5.41, 5.74) is 1.75. The summed E-state index contributed by atoms with van der Waals surface area (Å²) in [5, 5.41) is -0.0574. The van der Waals surface area contributed by atoms with Crippen LogP contribution in [0.25, 0.3) is 28.0 Å². The lowest BCUT2D eigenvalue weighted by Gasteiger charge is -2.23. The van der Waals surface area contributed by atoms with Crippen molar-refractivity contribution in [2.75, 3.05) is 6.61 Å². The molecule has 7 nitrogen and oxygen atoms in total. The van der Waals surface area contributed by atoms with Crippen LogP contribution in [0.3, 0.4) is 0 Å². The Morgan fingerprint density at radius 2 is 2.00 bits per heavy atom. The van der Waals surface area contributed by atoms with Crippen molar-refractivity contribution in [3.8, 4) is 5.82 Å². The third kappa shape index (κ3) is 2.73. The number of imidazole rings is 2. The summed E-state index contributed by atoms with van der Waals surface area (Å²) in [5.74, 6) is -0.241. The number of hydrogen-bond acceptors (Lipinski definition) is 5. The monoisotopic (exact) mass is 404 g/mol. The molecule has 1 fully saturated rings. The van der Waals surface area contributed by atoms with Crippen molar-refractivity contribution in [1.82, 2.24) is 29.1 Å². The van der Waals surface area contributed by atoms with E-state index in [2.05, 4.69) is 19.9 Å². The lowest BCUT2D eigenvalue weighted by molar-refractivity contribution is -0.0298. The molecule has 1 atom stereocenters. The fourth-order valence-electron chi connectivity index (χ4n) is 3.60. The number of para-hydroxylation sites is 2. The molecule has 5 rings (SSSR count). The first-order valence-corrected chi connectivity index (χ1v) is 9.29. The summed E-state index contributed by atoms with van der Waals surface area (Å²) < 4.78 is 36.4. The SMILES string of the molecule is FC(F)c1nc2ccccc2n1-c1nc(Cl)nc2c1ncn2C1CCCCO1. The number of hydrogen-bond donors (Lipinski definition) is 0. The standard InChI is InChI=1S/C18H15ClF2N6O/c19-18-24-15-13(22-9-26(15)12-7-3-4-8-28-12)16(25-18)27-11-6-2-1-5-10(11)23-17(27)14(20)21/h1-2,5-6,9,12,14H,3-4,7-8H2. The first kappa shape index (κ1) is 17.4. The third-order valence-electron chi connectivity index (χ3n) is 4.84. The fourth-order valence-corrected chi connectivity index (χ4v) is 3.76. The van der Waals surface area contributed by atoms with E-state index < -0.39 is 12.2 Å². The molecule has 0 radical (unpaired) electrons. The maximum absolute atomic E-state index is 13.7. The molecule has 1 aromatic carbocycles. The van der Waals surface area contributed by atoms with Gasteiger partial charge in [-0.2, -0.15) is 9.97 Å². The summed E-state index contributed by atoms with van der Waals surface area (Å²) >= 11 is 6.17. The molecular formula is C18H15ClF2N6O. The summed E-state index contributed by atoms with van der Waals surface area (Å²) in [6.07, 6.45) is 1.43. The van der Waals surface area contributed by atoms with E-state index in [4.69, 9.17) is 16.3 Å². The topological polar surface area (TPSA) is 70.7 Å². The number of aromatic nitrogens is 6. The van der Waals surface area contributed by atoms with Crippen LogP contribution in [-0.4, -0.2) is 35.7 Å². The van der Waals surface area contributed by atoms with Crippen molar-refractivity contribution in [2.24, 2.45) is 0 Å². The van der Waals surface area contributed by atoms with Gasteiger partial charge in [-0.3, -0.25) is 9.13 Å². The highest BCUT2D eigenvalue weighted by Gasteiger charge is 2.26. The molecule has 1 saturated heterocycles. The number of ether oxygens (including phenoxy) is 1. The maximum atomic E-state index is 13.7. The van der Waals surface area contributed by atoms with Gasteiger partial charge in [-0.1, -0.05) is 12.1 Å². The van der Waals surface area contributed by atoms with E-state index >= 15 is 0 Å². The first-order valence-electron chi connectivity index (χ1n) is 8.91. The highest BCUT2D eigenvalue weighted by molar-refractivity contribution is 6.28. The van der Waals surface area contributed by atoms with Gasteiger partial charge in [0.2, 0.25) is 5.28 Å². The largest absolute Gasteiger partial charge is 0.358 e. The Morgan fingerprint density at radius 3 is 2.79 bits per heavy atom. The van der Waals surface area contributed by atoms with Crippen LogP contribution < -0.4 is 0 Å². The van der Waals surface area contributed by atoms with Gasteiger partial charge >= 0.3 is 0 Å². The summed E-state index contributed by atoms with van der Waals surface area (Å²) in [6.45, 7) is 0.650. The number of halogens is 3. The number of fused-ring (bicyclic) bond motifs is 2. The molecule has 1 aliphatic rings. The summed E-state index contributed by atoms with van der Waals surface area (Å²) in [4.78, 5) is 17.0. The van der Waals surface area contributed by atoms with Gasteiger partial charge in [0, 0.05) is 6.61 Å². The molecular weight excluding hydrogens is 390 g/mol. The second-order valence-electron chi connectivity index (χ2n) is 6.56. The van der Waals surface area contributed by atoms with Crippen LogP contribution in [0.1, 0.15) is 37.7 Å². The molecule has 0 bridgehead atoms. The minimum absolute atomic E-state index is 0.0574. The van der Waals surface area contributed by atoms with Gasteiger partial charge in [0.05, 0.1) is 17.4 Å². The van der Waals surface area contributed by atoms with Crippen LogP contribution in [0, 0.1) is 0 Å². The Bertz CT molecular complexity index is 1170. The molecule has 0 aliphatic carbocycles. The van der Waals surface area contributed by atoms with Crippen molar-refractivity contribution < 1.29 is 13.5 Å². The second kappa shape index (κ2) is 6.75. The predicted molar refractivity (Wildman–Crippen MR) is 98.8 cm³/mol. The van der Waals surface area contributed by atoms with Crippen LogP contribution in [0.15, 0.2) is 30.6 Å². The van der Waals surface area contributed by atoms with Crippen molar-refractivity contribution in [3.63, 3.8) is 0 Å². The first-order chi connectivity index (χ1) is 13.6. The Balaban J connectivity index is 1.77. The quantitative estimate of drug-likeness (QED) is 0.471. The van der Waals surface area contributed by atoms with Crippen molar-refractivity contribution in [2.45, 2.75) is 31.9 Å². The minimum Gasteiger partial charge on any atom is -0.358 e. The molecule has 3 aromatic heterocycles. The highest BCUT2D eigenvalue weighted by Crippen LogP contribution is 2.32. The molecule has 144 valence electrons. The van der Waals surface area contributed by atoms with Gasteiger partial charge in [0.15, 0.2) is 22.8 Å². The Labute approximate surface area is 163 Å². The van der Waals surface area contributed by atoms with Gasteiger partial charge in [-0.15, -0.1) is 0 Å². The molecule has 4 aromatic rings. The van der Waals surface area contributed by atoms with Crippen LogP contribution in [-0.2, 0) is 4.74 Å². The zero-order valence-corrected chi connectivity index (χ0v) is 15.4. The highest BCUT2D eigenvalue weighted by atomic mass is 35.5. The van der Waals surface area contributed by atoms with Crippen molar-refractivity contribution in [1.29, 1.82) is 0 Å². The predicted octanol–water partition coefficient (Wildman–Crippen LogP) is 4.46. The molecule has 4 heterocycles. The number of rotatable bonds is 3. The summed E-state index contributed by atoms with van der Waals surface area (Å²) in [6, 6.07) is 6.88. The molecule has 28 heavy (non-hydrogen) atoms. The fraction of sp³-hybridized carbons (Fsp3) is 0.333. The summed E-state index contributed by atoms with van der Waals surface area (Å²) in [7, 11) is 0. The molecule has 1 unspecified atom stereocenters. The van der Waals surface area contributed by atoms with Crippen molar-refractivity contribution >= 4 is 33.8 Å². The van der Waals surface area contributed by atoms with Gasteiger partial charge < -0.3 is 4.74 Å². The van der Waals surface area contributed by atoms with E-state index in [0.717, 1.165) is 19.3 Å². The number of nitrogens with zero attached hydrogens (tertiary/aromatic N) is 6. The molecule has 0 saturated carbocycles. The number of alkyl halides is 2. The van der Waals surface area contributed by atoms with Crippen molar-refractivity contribution in [3.05, 3.63) is 41.7 Å². The van der Waals surface area contributed by atoms with Crippen LogP contribution in [0.5, 0.6) is 0 Å². The van der Waals surface area contributed by atoms with Gasteiger partial charge in [0.1, 0.15) is 6.23 Å². The molecule has 10 heteroatoms. The normalized spacial score (nSPS) is 17.8. The maximum Gasteiger partial charge on any atom is 0.296 e. The minimum atomic E-state index is -2.79. The van der Waals surface area contributed by atoms with E-state index in [1.54, 1.807) is 35.2 Å². The molecule has 1 aliphatic heterocycles.